The minimum Gasteiger partial charge on any atom is -0.464 e. The van der Waals surface area contributed by atoms with Crippen LogP contribution in [0.2, 0.25) is 0 Å². The number of ether oxygens (including phenoxy) is 2. The molecule has 0 aliphatic heterocycles. The number of amides is 2. The van der Waals surface area contributed by atoms with Gasteiger partial charge in [-0.25, -0.2) is 4.79 Å². The maximum absolute atomic E-state index is 12.0. The Labute approximate surface area is 138 Å². The molecule has 2 rings (SSSR count). The van der Waals surface area contributed by atoms with Crippen LogP contribution in [0.1, 0.15) is 23.6 Å². The molecule has 1 atom stereocenters. The fraction of sp³-hybridized carbons (Fsp3) is 0.353. The molecule has 1 aromatic heterocycles. The summed E-state index contributed by atoms with van der Waals surface area (Å²) in [4.78, 5) is 34.6. The lowest BCUT2D eigenvalue weighted by Crippen LogP contribution is -2.39. The average molecular weight is 333 g/mol. The number of rotatable bonds is 4. The summed E-state index contributed by atoms with van der Waals surface area (Å²) in [7, 11) is 1.13. The van der Waals surface area contributed by atoms with Crippen molar-refractivity contribution in [3.8, 4) is 0 Å². The van der Waals surface area contributed by atoms with Crippen molar-refractivity contribution >= 4 is 28.9 Å². The van der Waals surface area contributed by atoms with Crippen molar-refractivity contribution in [1.29, 1.82) is 0 Å². The van der Waals surface area contributed by atoms with Crippen molar-refractivity contribution in [2.45, 2.75) is 33.3 Å². The number of furan rings is 1. The molecule has 1 heterocycles. The average Bonchev–Trinajstić information content (AvgIpc) is 2.89. The largest absolute Gasteiger partial charge is 0.464 e. The van der Waals surface area contributed by atoms with E-state index in [0.717, 1.165) is 23.6 Å². The topological polar surface area (TPSA) is 94.8 Å². The zero-order valence-corrected chi connectivity index (χ0v) is 14.0. The lowest BCUT2D eigenvalue weighted by atomic mass is 10.0. The summed E-state index contributed by atoms with van der Waals surface area (Å²) in [5, 5.41) is 2.78. The molecule has 0 saturated carbocycles. The number of aryl methyl sites for hydroxylation is 2. The van der Waals surface area contributed by atoms with E-state index in [2.05, 4.69) is 4.74 Å². The van der Waals surface area contributed by atoms with E-state index in [-0.39, 0.29) is 6.42 Å². The number of hydrogen-bond acceptors (Lipinski definition) is 6. The Morgan fingerprint density at radius 1 is 1.21 bits per heavy atom. The Morgan fingerprint density at radius 3 is 2.54 bits per heavy atom. The van der Waals surface area contributed by atoms with Crippen molar-refractivity contribution in [1.82, 2.24) is 5.32 Å². The molecule has 1 N–H and O–H groups in total. The fourth-order valence-corrected chi connectivity index (χ4v) is 2.17. The summed E-state index contributed by atoms with van der Waals surface area (Å²) in [6.45, 7) is 5.33. The molecule has 7 heteroatoms. The van der Waals surface area contributed by atoms with Gasteiger partial charge in [-0.15, -0.1) is 0 Å². The lowest BCUT2D eigenvalue weighted by Gasteiger charge is -2.12. The molecule has 0 aliphatic rings. The van der Waals surface area contributed by atoms with Crippen molar-refractivity contribution in [2.75, 3.05) is 7.11 Å². The van der Waals surface area contributed by atoms with Crippen LogP contribution in [-0.2, 0) is 25.5 Å². The first-order chi connectivity index (χ1) is 11.3. The number of nitrogens with one attached hydrogen (secondary N) is 1. The highest BCUT2D eigenvalue weighted by Gasteiger charge is 2.21. The van der Waals surface area contributed by atoms with E-state index in [9.17, 15) is 14.4 Å². The summed E-state index contributed by atoms with van der Waals surface area (Å²) in [5.74, 6) is -1.35. The number of alkyl carbamates (subject to hydrolysis) is 1. The van der Waals surface area contributed by atoms with Crippen LogP contribution in [-0.4, -0.2) is 31.2 Å². The highest BCUT2D eigenvalue weighted by Crippen LogP contribution is 2.25. The highest BCUT2D eigenvalue weighted by atomic mass is 16.6. The van der Waals surface area contributed by atoms with E-state index in [0.29, 0.717) is 11.1 Å². The summed E-state index contributed by atoms with van der Waals surface area (Å²) in [6, 6.07) is 3.86. The Morgan fingerprint density at radius 2 is 1.88 bits per heavy atom. The fourth-order valence-electron chi connectivity index (χ4n) is 2.17. The van der Waals surface area contributed by atoms with Crippen molar-refractivity contribution < 1.29 is 28.3 Å². The van der Waals surface area contributed by atoms with Gasteiger partial charge >= 0.3 is 12.1 Å². The number of benzene rings is 1. The lowest BCUT2D eigenvalue weighted by molar-refractivity contribution is -0.153. The van der Waals surface area contributed by atoms with Gasteiger partial charge in [-0.2, -0.15) is 0 Å². The zero-order chi connectivity index (χ0) is 17.9. The smallest absolute Gasteiger partial charge is 0.413 e. The molecule has 2 aromatic rings. The second-order valence-electron chi connectivity index (χ2n) is 5.48. The predicted octanol–water partition coefficient (Wildman–Crippen LogP) is 2.41. The summed E-state index contributed by atoms with van der Waals surface area (Å²) in [5.41, 5.74) is 3.56. The van der Waals surface area contributed by atoms with E-state index in [4.69, 9.17) is 9.15 Å². The molecule has 7 nitrogen and oxygen atoms in total. The van der Waals surface area contributed by atoms with Crippen LogP contribution in [0.5, 0.6) is 0 Å². The third-order valence-electron chi connectivity index (χ3n) is 3.69. The Kier molecular flexibility index (Phi) is 5.23. The molecule has 0 unspecified atom stereocenters. The molecule has 0 radical (unpaired) electrons. The number of fused-ring (bicyclic) bond motifs is 1. The van der Waals surface area contributed by atoms with Gasteiger partial charge < -0.3 is 13.9 Å². The Bertz CT molecular complexity index is 792. The van der Waals surface area contributed by atoms with E-state index in [1.165, 1.54) is 13.2 Å². The van der Waals surface area contributed by atoms with Crippen molar-refractivity contribution in [2.24, 2.45) is 0 Å². The molecule has 0 bridgehead atoms. The number of carbonyl (C=O) groups excluding carboxylic acids is 3. The predicted molar refractivity (Wildman–Crippen MR) is 85.5 cm³/mol. The minimum absolute atomic E-state index is 0.0364. The van der Waals surface area contributed by atoms with Crippen molar-refractivity contribution in [3.63, 3.8) is 0 Å². The maximum Gasteiger partial charge on any atom is 0.413 e. The van der Waals surface area contributed by atoms with Crippen LogP contribution in [0.25, 0.3) is 11.0 Å². The SMILES string of the molecule is COC(=O)NC(=O)[C@H](C)OC(=O)Cc1coc2cc(C)c(C)cc12. The van der Waals surface area contributed by atoms with E-state index >= 15 is 0 Å². The monoisotopic (exact) mass is 333 g/mol. The van der Waals surface area contributed by atoms with Crippen LogP contribution in [0, 0.1) is 13.8 Å². The molecular weight excluding hydrogens is 314 g/mol. The van der Waals surface area contributed by atoms with Gasteiger partial charge in [0.2, 0.25) is 0 Å². The van der Waals surface area contributed by atoms with Gasteiger partial charge in [0.1, 0.15) is 5.58 Å². The number of imide groups is 1. The molecule has 1 aromatic carbocycles. The summed E-state index contributed by atoms with van der Waals surface area (Å²) < 4.78 is 14.8. The molecule has 24 heavy (non-hydrogen) atoms. The molecule has 2 amide bonds. The number of esters is 1. The molecule has 0 aliphatic carbocycles. The van der Waals surface area contributed by atoms with Gasteiger partial charge in [-0.1, -0.05) is 0 Å². The molecule has 0 fully saturated rings. The number of methoxy groups -OCH3 is 1. The molecular formula is C17H19NO6. The van der Waals surface area contributed by atoms with E-state index < -0.39 is 24.1 Å². The maximum atomic E-state index is 12.0. The second-order valence-corrected chi connectivity index (χ2v) is 5.48. The zero-order valence-electron chi connectivity index (χ0n) is 14.0. The Hall–Kier alpha value is -2.83. The first-order valence-electron chi connectivity index (χ1n) is 7.37. The van der Waals surface area contributed by atoms with Crippen LogP contribution in [0.4, 0.5) is 4.79 Å². The van der Waals surface area contributed by atoms with Crippen LogP contribution in [0.15, 0.2) is 22.8 Å². The van der Waals surface area contributed by atoms with Crippen LogP contribution in [0.3, 0.4) is 0 Å². The number of hydrogen-bond donors (Lipinski definition) is 1. The Balaban J connectivity index is 2.03. The quantitative estimate of drug-likeness (QED) is 0.863. The molecule has 0 saturated heterocycles. The summed E-state index contributed by atoms with van der Waals surface area (Å²) >= 11 is 0. The van der Waals surface area contributed by atoms with Crippen LogP contribution >= 0.6 is 0 Å². The van der Waals surface area contributed by atoms with Gasteiger partial charge in [-0.05, 0) is 44.0 Å². The third kappa shape index (κ3) is 3.92. The third-order valence-corrected chi connectivity index (χ3v) is 3.69. The standard InChI is InChI=1S/C17H19NO6/c1-9-5-13-12(8-23-14(13)6-10(9)2)7-15(19)24-11(3)16(20)18-17(21)22-4/h5-6,8,11H,7H2,1-4H3,(H,18,20,21)/t11-/m0/s1. The van der Waals surface area contributed by atoms with Gasteiger partial charge in [-0.3, -0.25) is 14.9 Å². The number of carbonyl (C=O) groups is 3. The first kappa shape index (κ1) is 17.5. The van der Waals surface area contributed by atoms with Gasteiger partial charge in [0.05, 0.1) is 19.8 Å². The minimum atomic E-state index is -1.11. The van der Waals surface area contributed by atoms with Gasteiger partial charge in [0.15, 0.2) is 6.10 Å². The second kappa shape index (κ2) is 7.16. The van der Waals surface area contributed by atoms with E-state index in [1.54, 1.807) is 0 Å². The highest BCUT2D eigenvalue weighted by molar-refractivity contribution is 5.95. The molecule has 128 valence electrons. The van der Waals surface area contributed by atoms with Gasteiger partial charge in [0.25, 0.3) is 5.91 Å². The van der Waals surface area contributed by atoms with Gasteiger partial charge in [0, 0.05) is 10.9 Å². The van der Waals surface area contributed by atoms with Crippen molar-refractivity contribution in [3.05, 3.63) is 35.1 Å². The molecule has 0 spiro atoms. The normalized spacial score (nSPS) is 11.8. The van der Waals surface area contributed by atoms with E-state index in [1.807, 2.05) is 31.3 Å². The van der Waals surface area contributed by atoms with Crippen LogP contribution < -0.4 is 5.32 Å². The summed E-state index contributed by atoms with van der Waals surface area (Å²) in [6.07, 6.45) is -0.552. The first-order valence-corrected chi connectivity index (χ1v) is 7.37.